The molecule has 6 nitrogen and oxygen atoms in total. The molecule has 1 heterocycles. The Hall–Kier alpha value is -1.12. The minimum atomic E-state index is -1.45. The Kier molecular flexibility index (Phi) is 7.69. The SMILES string of the molecule is CCCC#CC#C[C@@H](C)O[C@@H]1O[C@H](CO)[C@@H](O)[C@H](O)[C@H]1O. The van der Waals surface area contributed by atoms with E-state index in [2.05, 4.69) is 23.7 Å². The van der Waals surface area contributed by atoms with Crippen molar-refractivity contribution < 1.29 is 29.9 Å². The second-order valence-corrected chi connectivity index (χ2v) is 4.80. The number of unbranched alkanes of at least 4 members (excludes halogenated alkanes) is 1. The lowest BCUT2D eigenvalue weighted by atomic mass is 9.99. The predicted molar refractivity (Wildman–Crippen MR) is 74.8 cm³/mol. The average molecular weight is 298 g/mol. The van der Waals surface area contributed by atoms with Gasteiger partial charge < -0.3 is 29.9 Å². The van der Waals surface area contributed by atoms with Crippen LogP contribution in [-0.4, -0.2) is 63.8 Å². The van der Waals surface area contributed by atoms with Crippen LogP contribution in [0.1, 0.15) is 26.7 Å². The van der Waals surface area contributed by atoms with Crippen LogP contribution in [0.3, 0.4) is 0 Å². The summed E-state index contributed by atoms with van der Waals surface area (Å²) in [6.45, 7) is 3.18. The molecule has 0 aliphatic carbocycles. The molecule has 21 heavy (non-hydrogen) atoms. The van der Waals surface area contributed by atoms with Crippen molar-refractivity contribution in [1.29, 1.82) is 0 Å². The Labute approximate surface area is 124 Å². The number of hydrogen-bond acceptors (Lipinski definition) is 6. The summed E-state index contributed by atoms with van der Waals surface area (Å²) in [7, 11) is 0. The number of aliphatic hydroxyl groups excluding tert-OH is 4. The molecule has 0 unspecified atom stereocenters. The van der Waals surface area contributed by atoms with Gasteiger partial charge in [0.1, 0.15) is 30.5 Å². The molecule has 4 N–H and O–H groups in total. The van der Waals surface area contributed by atoms with Gasteiger partial charge in [-0.25, -0.2) is 0 Å². The molecule has 0 aromatic carbocycles. The van der Waals surface area contributed by atoms with Crippen molar-refractivity contribution in [2.45, 2.75) is 63.5 Å². The molecule has 1 aliphatic heterocycles. The average Bonchev–Trinajstić information content (AvgIpc) is 2.47. The van der Waals surface area contributed by atoms with Gasteiger partial charge in [0.25, 0.3) is 0 Å². The Balaban J connectivity index is 2.58. The topological polar surface area (TPSA) is 99.4 Å². The standard InChI is InChI=1S/C15H22O6/c1-3-4-5-6-7-8-10(2)20-15-14(19)13(18)12(17)11(9-16)21-15/h10-19H,3-4,9H2,1-2H3/t10-,11-,12-,13+,14-,15-/m1/s1. The molecule has 0 bridgehead atoms. The van der Waals surface area contributed by atoms with Crippen LogP contribution in [0.4, 0.5) is 0 Å². The van der Waals surface area contributed by atoms with Crippen molar-refractivity contribution in [3.63, 3.8) is 0 Å². The molecule has 0 spiro atoms. The molecule has 1 aliphatic rings. The summed E-state index contributed by atoms with van der Waals surface area (Å²) in [5.41, 5.74) is 0. The second kappa shape index (κ2) is 9.01. The van der Waals surface area contributed by atoms with Crippen molar-refractivity contribution >= 4 is 0 Å². The lowest BCUT2D eigenvalue weighted by Gasteiger charge is -2.40. The van der Waals surface area contributed by atoms with E-state index < -0.39 is 43.4 Å². The van der Waals surface area contributed by atoms with Crippen LogP contribution in [0, 0.1) is 23.7 Å². The molecular formula is C15H22O6. The van der Waals surface area contributed by atoms with Crippen molar-refractivity contribution in [2.24, 2.45) is 0 Å². The zero-order valence-corrected chi connectivity index (χ0v) is 12.2. The number of rotatable bonds is 4. The second-order valence-electron chi connectivity index (χ2n) is 4.80. The van der Waals surface area contributed by atoms with Gasteiger partial charge in [-0.15, -0.1) is 0 Å². The summed E-state index contributed by atoms with van der Waals surface area (Å²) in [6.07, 6.45) is -5.27. The van der Waals surface area contributed by atoms with Crippen LogP contribution in [0.2, 0.25) is 0 Å². The van der Waals surface area contributed by atoms with Gasteiger partial charge in [-0.05, 0) is 25.2 Å². The summed E-state index contributed by atoms with van der Waals surface area (Å²) in [5.74, 6) is 10.9. The molecule has 6 atom stereocenters. The number of hydrogen-bond donors (Lipinski definition) is 4. The maximum atomic E-state index is 9.79. The van der Waals surface area contributed by atoms with E-state index in [4.69, 9.17) is 14.6 Å². The maximum absolute atomic E-state index is 9.79. The lowest BCUT2D eigenvalue weighted by Crippen LogP contribution is -2.59. The molecule has 1 saturated heterocycles. The monoisotopic (exact) mass is 298 g/mol. The van der Waals surface area contributed by atoms with Crippen molar-refractivity contribution in [2.75, 3.05) is 6.61 Å². The third-order valence-electron chi connectivity index (χ3n) is 2.99. The van der Waals surface area contributed by atoms with E-state index in [1.54, 1.807) is 6.92 Å². The van der Waals surface area contributed by atoms with Gasteiger partial charge in [-0.2, -0.15) is 0 Å². The van der Waals surface area contributed by atoms with Crippen LogP contribution in [0.15, 0.2) is 0 Å². The minimum absolute atomic E-state index is 0.493. The highest BCUT2D eigenvalue weighted by molar-refractivity contribution is 5.27. The summed E-state index contributed by atoms with van der Waals surface area (Å²) < 4.78 is 10.6. The first-order valence-corrected chi connectivity index (χ1v) is 6.95. The van der Waals surface area contributed by atoms with Gasteiger partial charge in [-0.1, -0.05) is 18.8 Å². The van der Waals surface area contributed by atoms with Crippen molar-refractivity contribution in [1.82, 2.24) is 0 Å². The van der Waals surface area contributed by atoms with Crippen LogP contribution >= 0.6 is 0 Å². The Morgan fingerprint density at radius 3 is 2.48 bits per heavy atom. The molecule has 6 heteroatoms. The van der Waals surface area contributed by atoms with Crippen LogP contribution in [0.25, 0.3) is 0 Å². The highest BCUT2D eigenvalue weighted by atomic mass is 16.7. The molecule has 0 saturated carbocycles. The highest BCUT2D eigenvalue weighted by Crippen LogP contribution is 2.22. The molecule has 118 valence electrons. The van der Waals surface area contributed by atoms with E-state index in [-0.39, 0.29) is 0 Å². The van der Waals surface area contributed by atoms with Gasteiger partial charge in [0, 0.05) is 6.42 Å². The fourth-order valence-electron chi connectivity index (χ4n) is 1.78. The van der Waals surface area contributed by atoms with Gasteiger partial charge in [0.05, 0.1) is 6.61 Å². The van der Waals surface area contributed by atoms with Gasteiger partial charge in [0.15, 0.2) is 6.29 Å². The Bertz CT molecular complexity index is 427. The molecule has 0 aromatic rings. The molecule has 1 fully saturated rings. The summed E-state index contributed by atoms with van der Waals surface area (Å²) in [6, 6.07) is 0. The third-order valence-corrected chi connectivity index (χ3v) is 2.99. The van der Waals surface area contributed by atoms with Crippen molar-refractivity contribution in [3.05, 3.63) is 0 Å². The molecule has 1 rings (SSSR count). The summed E-state index contributed by atoms with van der Waals surface area (Å²) in [4.78, 5) is 0. The number of ether oxygens (including phenoxy) is 2. The van der Waals surface area contributed by atoms with Crippen LogP contribution < -0.4 is 0 Å². The van der Waals surface area contributed by atoms with Gasteiger partial charge in [0.2, 0.25) is 0 Å². The van der Waals surface area contributed by atoms with Crippen LogP contribution in [-0.2, 0) is 9.47 Å². The molecule has 0 amide bonds. The first-order chi connectivity index (χ1) is 10.0. The van der Waals surface area contributed by atoms with Gasteiger partial charge >= 0.3 is 0 Å². The predicted octanol–water partition coefficient (Wildman–Crippen LogP) is -1.00. The highest BCUT2D eigenvalue weighted by Gasteiger charge is 2.44. The summed E-state index contributed by atoms with van der Waals surface area (Å²) >= 11 is 0. The molecule has 0 aromatic heterocycles. The smallest absolute Gasteiger partial charge is 0.188 e. The summed E-state index contributed by atoms with van der Waals surface area (Å²) in [5, 5.41) is 38.1. The van der Waals surface area contributed by atoms with E-state index in [1.165, 1.54) is 0 Å². The molecular weight excluding hydrogens is 276 g/mol. The van der Waals surface area contributed by atoms with E-state index in [1.807, 2.05) is 6.92 Å². The van der Waals surface area contributed by atoms with E-state index >= 15 is 0 Å². The van der Waals surface area contributed by atoms with Crippen molar-refractivity contribution in [3.8, 4) is 23.7 Å². The third kappa shape index (κ3) is 5.29. The van der Waals surface area contributed by atoms with Gasteiger partial charge in [-0.3, -0.25) is 0 Å². The zero-order chi connectivity index (χ0) is 15.8. The molecule has 0 radical (unpaired) electrons. The first kappa shape index (κ1) is 17.9. The Morgan fingerprint density at radius 1 is 1.14 bits per heavy atom. The minimum Gasteiger partial charge on any atom is -0.394 e. The Morgan fingerprint density at radius 2 is 1.86 bits per heavy atom. The fourth-order valence-corrected chi connectivity index (χ4v) is 1.78. The van der Waals surface area contributed by atoms with E-state index in [0.29, 0.717) is 0 Å². The lowest BCUT2D eigenvalue weighted by molar-refractivity contribution is -0.305. The largest absolute Gasteiger partial charge is 0.394 e. The maximum Gasteiger partial charge on any atom is 0.188 e. The van der Waals surface area contributed by atoms with Crippen LogP contribution in [0.5, 0.6) is 0 Å². The van der Waals surface area contributed by atoms with E-state index in [0.717, 1.165) is 12.8 Å². The quantitative estimate of drug-likeness (QED) is 0.497. The normalized spacial score (nSPS) is 33.3. The fraction of sp³-hybridized carbons (Fsp3) is 0.733. The first-order valence-electron chi connectivity index (χ1n) is 6.95. The zero-order valence-electron chi connectivity index (χ0n) is 12.2. The number of aliphatic hydroxyl groups is 4. The van der Waals surface area contributed by atoms with E-state index in [9.17, 15) is 15.3 Å².